The Hall–Kier alpha value is -1.62. The van der Waals surface area contributed by atoms with Gasteiger partial charge in [-0.15, -0.1) is 11.3 Å². The topological polar surface area (TPSA) is 38.1 Å². The van der Waals surface area contributed by atoms with Crippen LogP contribution in [-0.4, -0.2) is 27.1 Å². The summed E-state index contributed by atoms with van der Waals surface area (Å²) in [5.41, 5.74) is 0. The molecule has 3 heterocycles. The lowest BCUT2D eigenvalue weighted by atomic mass is 10.2. The Bertz CT molecular complexity index is 506. The third kappa shape index (κ3) is 2.18. The number of amides is 1. The fraction of sp³-hybridized carbons (Fsp3) is 0.385. The molecule has 1 aliphatic heterocycles. The molecule has 18 heavy (non-hydrogen) atoms. The summed E-state index contributed by atoms with van der Waals surface area (Å²) in [5.74, 6) is 0.162. The summed E-state index contributed by atoms with van der Waals surface area (Å²) in [5, 5.41) is 6.16. The molecular formula is C13H15N3OS. The van der Waals surface area contributed by atoms with Crippen molar-refractivity contribution >= 4 is 17.2 Å². The van der Waals surface area contributed by atoms with Crippen molar-refractivity contribution in [2.24, 2.45) is 0 Å². The third-order valence-corrected chi connectivity index (χ3v) is 4.27. The Labute approximate surface area is 110 Å². The summed E-state index contributed by atoms with van der Waals surface area (Å²) in [7, 11) is 0. The molecule has 94 valence electrons. The zero-order chi connectivity index (χ0) is 12.4. The van der Waals surface area contributed by atoms with Crippen molar-refractivity contribution in [1.29, 1.82) is 0 Å². The quantitative estimate of drug-likeness (QED) is 0.850. The standard InChI is InChI=1S/C13H15N3OS/c17-13(10-15-7-3-6-14-15)16-8-1-4-11(16)12-5-2-9-18-12/h2-3,5-7,9,11H,1,4,8,10H2. The first-order valence-electron chi connectivity index (χ1n) is 6.15. The highest BCUT2D eigenvalue weighted by Crippen LogP contribution is 2.34. The van der Waals surface area contributed by atoms with Crippen LogP contribution >= 0.6 is 11.3 Å². The molecule has 2 aromatic heterocycles. The van der Waals surface area contributed by atoms with Gasteiger partial charge in [-0.05, 0) is 30.4 Å². The van der Waals surface area contributed by atoms with Gasteiger partial charge in [-0.3, -0.25) is 9.48 Å². The molecule has 1 saturated heterocycles. The molecule has 2 aromatic rings. The zero-order valence-electron chi connectivity index (χ0n) is 10.0. The van der Waals surface area contributed by atoms with Crippen LogP contribution in [0.3, 0.4) is 0 Å². The van der Waals surface area contributed by atoms with E-state index in [4.69, 9.17) is 0 Å². The average Bonchev–Trinajstić information content (AvgIpc) is 3.11. The smallest absolute Gasteiger partial charge is 0.244 e. The van der Waals surface area contributed by atoms with Crippen molar-refractivity contribution in [3.63, 3.8) is 0 Å². The molecule has 1 fully saturated rings. The van der Waals surface area contributed by atoms with Gasteiger partial charge in [-0.2, -0.15) is 5.10 Å². The first-order chi connectivity index (χ1) is 8.84. The number of hydrogen-bond acceptors (Lipinski definition) is 3. The van der Waals surface area contributed by atoms with Crippen LogP contribution in [0, 0.1) is 0 Å². The minimum absolute atomic E-state index is 0.162. The van der Waals surface area contributed by atoms with E-state index < -0.39 is 0 Å². The molecule has 0 aliphatic carbocycles. The van der Waals surface area contributed by atoms with E-state index in [9.17, 15) is 4.79 Å². The molecule has 0 saturated carbocycles. The monoisotopic (exact) mass is 261 g/mol. The van der Waals surface area contributed by atoms with Crippen molar-refractivity contribution in [3.05, 3.63) is 40.8 Å². The number of carbonyl (C=O) groups excluding carboxylic acids is 1. The van der Waals surface area contributed by atoms with Gasteiger partial charge in [0, 0.05) is 23.8 Å². The first-order valence-corrected chi connectivity index (χ1v) is 7.03. The minimum atomic E-state index is 0.162. The number of carbonyl (C=O) groups is 1. The van der Waals surface area contributed by atoms with E-state index in [1.807, 2.05) is 17.2 Å². The molecule has 3 rings (SSSR count). The largest absolute Gasteiger partial charge is 0.333 e. The van der Waals surface area contributed by atoms with Gasteiger partial charge >= 0.3 is 0 Å². The SMILES string of the molecule is O=C(Cn1cccn1)N1CCCC1c1cccs1. The maximum absolute atomic E-state index is 12.3. The summed E-state index contributed by atoms with van der Waals surface area (Å²) in [6.45, 7) is 1.21. The Morgan fingerprint density at radius 2 is 2.44 bits per heavy atom. The fourth-order valence-electron chi connectivity index (χ4n) is 2.47. The summed E-state index contributed by atoms with van der Waals surface area (Å²) < 4.78 is 1.69. The number of hydrogen-bond donors (Lipinski definition) is 0. The van der Waals surface area contributed by atoms with E-state index in [1.165, 1.54) is 4.88 Å². The van der Waals surface area contributed by atoms with E-state index >= 15 is 0 Å². The van der Waals surface area contributed by atoms with Gasteiger partial charge in [0.25, 0.3) is 0 Å². The maximum Gasteiger partial charge on any atom is 0.244 e. The number of thiophene rings is 1. The lowest BCUT2D eigenvalue weighted by molar-refractivity contribution is -0.132. The zero-order valence-corrected chi connectivity index (χ0v) is 10.8. The molecular weight excluding hydrogens is 246 g/mol. The van der Waals surface area contributed by atoms with Gasteiger partial charge in [0.05, 0.1) is 6.04 Å². The van der Waals surface area contributed by atoms with Crippen molar-refractivity contribution in [3.8, 4) is 0 Å². The van der Waals surface area contributed by atoms with Crippen LogP contribution < -0.4 is 0 Å². The summed E-state index contributed by atoms with van der Waals surface area (Å²) in [6, 6.07) is 6.28. The lowest BCUT2D eigenvalue weighted by Crippen LogP contribution is -2.33. The van der Waals surface area contributed by atoms with Crippen LogP contribution in [0.5, 0.6) is 0 Å². The van der Waals surface area contributed by atoms with E-state index in [2.05, 4.69) is 22.6 Å². The van der Waals surface area contributed by atoms with Gasteiger partial charge < -0.3 is 4.90 Å². The summed E-state index contributed by atoms with van der Waals surface area (Å²) >= 11 is 1.73. The average molecular weight is 261 g/mol. The Morgan fingerprint density at radius 1 is 1.50 bits per heavy atom. The molecule has 1 unspecified atom stereocenters. The number of aromatic nitrogens is 2. The molecule has 0 spiro atoms. The van der Waals surface area contributed by atoms with Gasteiger partial charge in [-0.25, -0.2) is 0 Å². The molecule has 1 atom stereocenters. The second-order valence-corrected chi connectivity index (χ2v) is 5.44. The van der Waals surface area contributed by atoms with Crippen LogP contribution in [0.2, 0.25) is 0 Å². The van der Waals surface area contributed by atoms with Crippen LogP contribution in [0.4, 0.5) is 0 Å². The van der Waals surface area contributed by atoms with Crippen LogP contribution in [-0.2, 0) is 11.3 Å². The third-order valence-electron chi connectivity index (χ3n) is 3.30. The highest BCUT2D eigenvalue weighted by Gasteiger charge is 2.30. The molecule has 4 nitrogen and oxygen atoms in total. The van der Waals surface area contributed by atoms with Gasteiger partial charge in [0.15, 0.2) is 0 Å². The predicted molar refractivity (Wildman–Crippen MR) is 70.2 cm³/mol. The number of likely N-dealkylation sites (tertiary alicyclic amines) is 1. The van der Waals surface area contributed by atoms with Gasteiger partial charge in [-0.1, -0.05) is 6.07 Å². The molecule has 0 N–H and O–H groups in total. The molecule has 0 aromatic carbocycles. The van der Waals surface area contributed by atoms with Crippen LogP contribution in [0.25, 0.3) is 0 Å². The van der Waals surface area contributed by atoms with E-state index in [1.54, 1.807) is 22.2 Å². The van der Waals surface area contributed by atoms with Crippen molar-refractivity contribution in [2.75, 3.05) is 6.54 Å². The summed E-state index contributed by atoms with van der Waals surface area (Å²) in [6.07, 6.45) is 5.70. The molecule has 0 radical (unpaired) electrons. The molecule has 0 bridgehead atoms. The minimum Gasteiger partial charge on any atom is -0.333 e. The fourth-order valence-corrected chi connectivity index (χ4v) is 3.34. The van der Waals surface area contributed by atoms with Gasteiger partial charge in [0.2, 0.25) is 5.91 Å². The number of nitrogens with zero attached hydrogens (tertiary/aromatic N) is 3. The molecule has 1 amide bonds. The van der Waals surface area contributed by atoms with E-state index in [0.717, 1.165) is 19.4 Å². The van der Waals surface area contributed by atoms with Gasteiger partial charge in [0.1, 0.15) is 6.54 Å². The first kappa shape index (κ1) is 11.5. The summed E-state index contributed by atoms with van der Waals surface area (Å²) in [4.78, 5) is 15.6. The Kier molecular flexibility index (Phi) is 3.15. The highest BCUT2D eigenvalue weighted by atomic mass is 32.1. The van der Waals surface area contributed by atoms with E-state index in [0.29, 0.717) is 6.54 Å². The second-order valence-electron chi connectivity index (χ2n) is 4.46. The molecule has 5 heteroatoms. The second kappa shape index (κ2) is 4.94. The normalized spacial score (nSPS) is 19.3. The Morgan fingerprint density at radius 3 is 3.17 bits per heavy atom. The van der Waals surface area contributed by atoms with Crippen molar-refractivity contribution in [1.82, 2.24) is 14.7 Å². The van der Waals surface area contributed by atoms with Crippen molar-refractivity contribution < 1.29 is 4.79 Å². The van der Waals surface area contributed by atoms with Crippen LogP contribution in [0.15, 0.2) is 36.0 Å². The number of rotatable bonds is 3. The molecule has 1 aliphatic rings. The maximum atomic E-state index is 12.3. The van der Waals surface area contributed by atoms with Crippen LogP contribution in [0.1, 0.15) is 23.8 Å². The lowest BCUT2D eigenvalue weighted by Gasteiger charge is -2.23. The highest BCUT2D eigenvalue weighted by molar-refractivity contribution is 7.10. The van der Waals surface area contributed by atoms with Crippen molar-refractivity contribution in [2.45, 2.75) is 25.4 Å². The Balaban J connectivity index is 1.73. The predicted octanol–water partition coefficient (Wildman–Crippen LogP) is 2.31. The van der Waals surface area contributed by atoms with E-state index in [-0.39, 0.29) is 11.9 Å².